The third-order valence-electron chi connectivity index (χ3n) is 6.73. The van der Waals surface area contributed by atoms with Gasteiger partial charge < -0.3 is 10.2 Å². The first-order valence-corrected chi connectivity index (χ1v) is 12.4. The van der Waals surface area contributed by atoms with Crippen LogP contribution in [-0.4, -0.2) is 27.8 Å². The lowest BCUT2D eigenvalue weighted by Gasteiger charge is -2.26. The molecule has 3 aromatic carbocycles. The molecular formula is C30H24F3N3O4. The number of carboxylic acids is 1. The molecular weight excluding hydrogens is 523 g/mol. The number of benzene rings is 3. The van der Waals surface area contributed by atoms with Crippen molar-refractivity contribution < 1.29 is 33.0 Å². The second-order valence-electron chi connectivity index (χ2n) is 9.76. The topological polar surface area (TPSA) is 102 Å². The molecule has 204 valence electrons. The van der Waals surface area contributed by atoms with E-state index in [2.05, 4.69) is 10.5 Å². The molecule has 0 saturated heterocycles. The number of fused-ring (bicyclic) bond motifs is 1. The molecule has 0 aromatic heterocycles. The van der Waals surface area contributed by atoms with E-state index in [0.717, 1.165) is 17.7 Å². The molecule has 40 heavy (non-hydrogen) atoms. The van der Waals surface area contributed by atoms with Gasteiger partial charge in [0, 0.05) is 16.8 Å². The SMILES string of the molecule is CC1=CC(C)CC(N2C(=O)/C(=N\Nc3cccc(-c4cccc(C(=O)O)c4)c3O)c3ccc(C(F)(F)F)cc32)=C1. The van der Waals surface area contributed by atoms with Crippen LogP contribution in [0, 0.1) is 5.92 Å². The molecule has 3 N–H and O–H groups in total. The number of aromatic carboxylic acids is 1. The van der Waals surface area contributed by atoms with Gasteiger partial charge in [0.1, 0.15) is 5.75 Å². The first-order chi connectivity index (χ1) is 18.9. The Hall–Kier alpha value is -4.86. The first kappa shape index (κ1) is 26.7. The van der Waals surface area contributed by atoms with Crippen LogP contribution in [0.25, 0.3) is 11.1 Å². The molecule has 1 aliphatic heterocycles. The Bertz CT molecular complexity index is 1640. The predicted octanol–water partition coefficient (Wildman–Crippen LogP) is 6.81. The average Bonchev–Trinajstić information content (AvgIpc) is 3.17. The Morgan fingerprint density at radius 2 is 1.82 bits per heavy atom. The van der Waals surface area contributed by atoms with E-state index in [1.54, 1.807) is 30.3 Å². The normalized spacial score (nSPS) is 17.9. The molecule has 1 amide bonds. The van der Waals surface area contributed by atoms with Crippen molar-refractivity contribution in [1.82, 2.24) is 0 Å². The molecule has 10 heteroatoms. The van der Waals surface area contributed by atoms with Crippen LogP contribution < -0.4 is 10.3 Å². The number of carboxylic acid groups (broad SMARTS) is 1. The number of hydrogen-bond acceptors (Lipinski definition) is 5. The van der Waals surface area contributed by atoms with Crippen LogP contribution in [0.1, 0.15) is 41.8 Å². The van der Waals surface area contributed by atoms with Crippen LogP contribution in [0.2, 0.25) is 0 Å². The van der Waals surface area contributed by atoms with Crippen LogP contribution in [0.4, 0.5) is 24.5 Å². The quantitative estimate of drug-likeness (QED) is 0.241. The van der Waals surface area contributed by atoms with Crippen LogP contribution in [-0.2, 0) is 11.0 Å². The van der Waals surface area contributed by atoms with Crippen LogP contribution in [0.15, 0.2) is 89.2 Å². The number of anilines is 2. The molecule has 0 bridgehead atoms. The molecule has 7 nitrogen and oxygen atoms in total. The zero-order valence-electron chi connectivity index (χ0n) is 21.5. The van der Waals surface area contributed by atoms with E-state index in [1.807, 2.05) is 19.9 Å². The Morgan fingerprint density at radius 3 is 2.52 bits per heavy atom. The highest BCUT2D eigenvalue weighted by Gasteiger charge is 2.40. The van der Waals surface area contributed by atoms with Gasteiger partial charge in [-0.25, -0.2) is 4.79 Å². The number of allylic oxidation sites excluding steroid dienone is 4. The van der Waals surface area contributed by atoms with Crippen molar-refractivity contribution in [2.75, 3.05) is 10.3 Å². The Kier molecular flexibility index (Phi) is 6.70. The maximum Gasteiger partial charge on any atom is 0.416 e. The van der Waals surface area contributed by atoms with Crippen molar-refractivity contribution in [3.05, 3.63) is 101 Å². The van der Waals surface area contributed by atoms with Gasteiger partial charge in [-0.1, -0.05) is 42.8 Å². The number of nitrogens with one attached hydrogen (secondary N) is 1. The summed E-state index contributed by atoms with van der Waals surface area (Å²) >= 11 is 0. The van der Waals surface area contributed by atoms with Gasteiger partial charge in [-0.05, 0) is 67.3 Å². The van der Waals surface area contributed by atoms with E-state index in [0.29, 0.717) is 23.2 Å². The summed E-state index contributed by atoms with van der Waals surface area (Å²) in [5.74, 6) is -1.87. The smallest absolute Gasteiger partial charge is 0.416 e. The molecule has 5 rings (SSSR count). The van der Waals surface area contributed by atoms with Gasteiger partial charge in [-0.15, -0.1) is 0 Å². The highest BCUT2D eigenvalue weighted by molar-refractivity contribution is 6.55. The molecule has 1 unspecified atom stereocenters. The van der Waals surface area contributed by atoms with Crippen LogP contribution in [0.5, 0.6) is 5.75 Å². The lowest BCUT2D eigenvalue weighted by atomic mass is 9.95. The minimum Gasteiger partial charge on any atom is -0.505 e. The second-order valence-corrected chi connectivity index (χ2v) is 9.76. The number of para-hydroxylation sites is 1. The number of phenols is 1. The number of halogens is 3. The molecule has 0 fully saturated rings. The number of hydrazone groups is 1. The summed E-state index contributed by atoms with van der Waals surface area (Å²) in [5, 5.41) is 24.5. The standard InChI is InChI=1S/C30H24F3N3O4/c1-16-11-17(2)13-21(12-16)36-25-15-20(30(31,32)33)9-10-23(25)26(28(36)38)35-34-24-8-4-7-22(27(24)37)18-5-3-6-19(14-18)29(39)40/h3-12,14-15,17,34,37H,13H2,1-2H3,(H,39,40)/b35-26-. The number of aromatic hydroxyl groups is 1. The van der Waals surface area contributed by atoms with Crippen molar-refractivity contribution in [2.45, 2.75) is 26.4 Å². The van der Waals surface area contributed by atoms with Crippen molar-refractivity contribution in [3.8, 4) is 16.9 Å². The summed E-state index contributed by atoms with van der Waals surface area (Å²) in [4.78, 5) is 26.3. The van der Waals surface area contributed by atoms with Crippen LogP contribution >= 0.6 is 0 Å². The Labute approximate surface area is 227 Å². The number of nitrogens with zero attached hydrogens (tertiary/aromatic N) is 2. The summed E-state index contributed by atoms with van der Waals surface area (Å²) in [6.45, 7) is 3.82. The minimum atomic E-state index is -4.60. The number of rotatable bonds is 5. The number of carbonyl (C=O) groups excluding carboxylic acids is 1. The van der Waals surface area contributed by atoms with E-state index in [1.165, 1.54) is 29.2 Å². The average molecular weight is 548 g/mol. The minimum absolute atomic E-state index is 0.0402. The number of carbonyl (C=O) groups is 2. The molecule has 1 atom stereocenters. The number of hydrogen-bond donors (Lipinski definition) is 3. The fourth-order valence-corrected chi connectivity index (χ4v) is 4.98. The molecule has 1 heterocycles. The largest absolute Gasteiger partial charge is 0.505 e. The lowest BCUT2D eigenvalue weighted by molar-refractivity contribution is -0.137. The second kappa shape index (κ2) is 10.0. The molecule has 0 saturated carbocycles. The fourth-order valence-electron chi connectivity index (χ4n) is 4.98. The maximum atomic E-state index is 13.6. The van der Waals surface area contributed by atoms with Crippen molar-refractivity contribution in [2.24, 2.45) is 11.0 Å². The van der Waals surface area contributed by atoms with Gasteiger partial charge >= 0.3 is 12.1 Å². The molecule has 0 spiro atoms. The van der Waals surface area contributed by atoms with Gasteiger partial charge in [-0.3, -0.25) is 15.1 Å². The molecule has 1 aliphatic carbocycles. The molecule has 2 aliphatic rings. The molecule has 0 radical (unpaired) electrons. The number of amides is 1. The maximum absolute atomic E-state index is 13.6. The Morgan fingerprint density at radius 1 is 1.07 bits per heavy atom. The summed E-state index contributed by atoms with van der Waals surface area (Å²) in [7, 11) is 0. The van der Waals surface area contributed by atoms with E-state index in [9.17, 15) is 33.0 Å². The third kappa shape index (κ3) is 4.95. The summed E-state index contributed by atoms with van der Waals surface area (Å²) in [5.41, 5.74) is 4.38. The van der Waals surface area contributed by atoms with Gasteiger partial charge in [0.2, 0.25) is 0 Å². The van der Waals surface area contributed by atoms with E-state index in [-0.39, 0.29) is 39.9 Å². The van der Waals surface area contributed by atoms with Gasteiger partial charge in [-0.2, -0.15) is 18.3 Å². The lowest BCUT2D eigenvalue weighted by Crippen LogP contribution is -2.31. The van der Waals surface area contributed by atoms with E-state index >= 15 is 0 Å². The summed E-state index contributed by atoms with van der Waals surface area (Å²) in [6, 6.07) is 13.8. The van der Waals surface area contributed by atoms with Gasteiger partial charge in [0.25, 0.3) is 5.91 Å². The van der Waals surface area contributed by atoms with Crippen molar-refractivity contribution in [1.29, 1.82) is 0 Å². The van der Waals surface area contributed by atoms with E-state index < -0.39 is 23.6 Å². The van der Waals surface area contributed by atoms with Crippen molar-refractivity contribution in [3.63, 3.8) is 0 Å². The highest BCUT2D eigenvalue weighted by Crippen LogP contribution is 2.41. The van der Waals surface area contributed by atoms with Gasteiger partial charge in [0.05, 0.1) is 22.5 Å². The zero-order chi connectivity index (χ0) is 28.8. The zero-order valence-corrected chi connectivity index (χ0v) is 21.5. The monoisotopic (exact) mass is 547 g/mol. The third-order valence-corrected chi connectivity index (χ3v) is 6.73. The number of phenolic OH excluding ortho intramolecular Hbond substituents is 1. The van der Waals surface area contributed by atoms with Crippen molar-refractivity contribution >= 4 is 29.0 Å². The highest BCUT2D eigenvalue weighted by atomic mass is 19.4. The summed E-state index contributed by atoms with van der Waals surface area (Å²) < 4.78 is 40.7. The summed E-state index contributed by atoms with van der Waals surface area (Å²) in [6.07, 6.45) is -0.345. The van der Waals surface area contributed by atoms with Crippen LogP contribution in [0.3, 0.4) is 0 Å². The van der Waals surface area contributed by atoms with E-state index in [4.69, 9.17) is 0 Å². The fraction of sp³-hybridized carbons (Fsp3) is 0.167. The number of alkyl halides is 3. The Balaban J connectivity index is 1.55. The predicted molar refractivity (Wildman–Crippen MR) is 145 cm³/mol. The first-order valence-electron chi connectivity index (χ1n) is 12.4. The molecule has 3 aromatic rings. The van der Waals surface area contributed by atoms with Gasteiger partial charge in [0.15, 0.2) is 5.71 Å².